The number of ether oxygens (including phenoxy) is 2. The van der Waals surface area contributed by atoms with Gasteiger partial charge in [-0.05, 0) is 19.3 Å². The Balaban J connectivity index is 1.77. The molecule has 8 nitrogen and oxygen atoms in total. The first-order chi connectivity index (χ1) is 11.1. The number of morpholine rings is 1. The number of carbonyl (C=O) groups excluding carboxylic acids is 1. The number of piperidine rings is 1. The molecule has 1 N–H and O–H groups in total. The summed E-state index contributed by atoms with van der Waals surface area (Å²) in [5, 5.41) is 2.89. The molecule has 0 atom stereocenters. The van der Waals surface area contributed by atoms with Crippen LogP contribution in [0.5, 0.6) is 0 Å². The topological polar surface area (TPSA) is 88.2 Å². The van der Waals surface area contributed by atoms with Crippen LogP contribution in [0, 0.1) is 5.92 Å². The Morgan fingerprint density at radius 2 is 1.78 bits per heavy atom. The van der Waals surface area contributed by atoms with Crippen LogP contribution in [0.15, 0.2) is 0 Å². The lowest BCUT2D eigenvalue weighted by molar-refractivity contribution is -0.126. The summed E-state index contributed by atoms with van der Waals surface area (Å²) in [4.78, 5) is 12.1. The van der Waals surface area contributed by atoms with Crippen molar-refractivity contribution in [3.05, 3.63) is 0 Å². The number of methoxy groups -OCH3 is 1. The minimum atomic E-state index is -3.42. The van der Waals surface area contributed by atoms with E-state index in [0.29, 0.717) is 65.4 Å². The standard InChI is InChI=1S/C14H27N3O5S/c1-21-10-2-5-15-14(18)13-3-6-16(7-4-13)23(19,20)17-8-11-22-12-9-17/h13H,2-12H2,1H3,(H,15,18). The number of nitrogens with zero attached hydrogens (tertiary/aromatic N) is 2. The highest BCUT2D eigenvalue weighted by molar-refractivity contribution is 7.86. The van der Waals surface area contributed by atoms with Crippen LogP contribution in [0.4, 0.5) is 0 Å². The lowest BCUT2D eigenvalue weighted by atomic mass is 9.97. The first-order valence-electron chi connectivity index (χ1n) is 8.15. The molecule has 134 valence electrons. The average Bonchev–Trinajstić information content (AvgIpc) is 2.59. The molecule has 0 bridgehead atoms. The first-order valence-corrected chi connectivity index (χ1v) is 9.55. The van der Waals surface area contributed by atoms with Gasteiger partial charge in [-0.25, -0.2) is 0 Å². The van der Waals surface area contributed by atoms with Crippen LogP contribution in [0.2, 0.25) is 0 Å². The summed E-state index contributed by atoms with van der Waals surface area (Å²) >= 11 is 0. The van der Waals surface area contributed by atoms with Crippen molar-refractivity contribution < 1.29 is 22.7 Å². The van der Waals surface area contributed by atoms with Gasteiger partial charge in [0.1, 0.15) is 0 Å². The quantitative estimate of drug-likeness (QED) is 0.622. The highest BCUT2D eigenvalue weighted by Gasteiger charge is 2.35. The monoisotopic (exact) mass is 349 g/mol. The predicted octanol–water partition coefficient (Wildman–Crippen LogP) is -0.572. The SMILES string of the molecule is COCCCNC(=O)C1CCN(S(=O)(=O)N2CCOCC2)CC1. The largest absolute Gasteiger partial charge is 0.385 e. The van der Waals surface area contributed by atoms with Gasteiger partial charge in [0.25, 0.3) is 10.2 Å². The zero-order chi connectivity index (χ0) is 16.7. The molecule has 2 aliphatic heterocycles. The fourth-order valence-corrected chi connectivity index (χ4v) is 4.47. The summed E-state index contributed by atoms with van der Waals surface area (Å²) in [6, 6.07) is 0. The van der Waals surface area contributed by atoms with Crippen molar-refractivity contribution in [1.82, 2.24) is 13.9 Å². The number of hydrogen-bond acceptors (Lipinski definition) is 5. The Hall–Kier alpha value is -0.740. The summed E-state index contributed by atoms with van der Waals surface area (Å²) in [5.74, 6) is -0.0850. The molecule has 0 aromatic heterocycles. The Bertz CT molecular complexity index is 471. The summed E-state index contributed by atoms with van der Waals surface area (Å²) in [7, 11) is -1.79. The molecule has 0 radical (unpaired) electrons. The third kappa shape index (κ3) is 5.12. The third-order valence-electron chi connectivity index (χ3n) is 4.27. The van der Waals surface area contributed by atoms with Crippen LogP contribution in [0.25, 0.3) is 0 Å². The zero-order valence-corrected chi connectivity index (χ0v) is 14.5. The molecule has 2 fully saturated rings. The minimum absolute atomic E-state index is 0.0181. The Morgan fingerprint density at radius 3 is 2.39 bits per heavy atom. The fourth-order valence-electron chi connectivity index (χ4n) is 2.86. The number of nitrogens with one attached hydrogen (secondary N) is 1. The molecule has 0 aromatic rings. The van der Waals surface area contributed by atoms with E-state index >= 15 is 0 Å². The molecule has 9 heteroatoms. The first kappa shape index (κ1) is 18.6. The number of hydrogen-bond donors (Lipinski definition) is 1. The minimum Gasteiger partial charge on any atom is -0.385 e. The van der Waals surface area contributed by atoms with Gasteiger partial charge in [0.05, 0.1) is 13.2 Å². The molecule has 2 aliphatic rings. The lowest BCUT2D eigenvalue weighted by Crippen LogP contribution is -2.51. The average molecular weight is 349 g/mol. The smallest absolute Gasteiger partial charge is 0.282 e. The van der Waals surface area contributed by atoms with Crippen LogP contribution >= 0.6 is 0 Å². The highest BCUT2D eigenvalue weighted by atomic mass is 32.2. The van der Waals surface area contributed by atoms with Crippen molar-refractivity contribution in [2.24, 2.45) is 5.92 Å². The van der Waals surface area contributed by atoms with E-state index in [0.717, 1.165) is 6.42 Å². The van der Waals surface area contributed by atoms with Crippen LogP contribution in [0.1, 0.15) is 19.3 Å². The van der Waals surface area contributed by atoms with Crippen LogP contribution in [-0.4, -0.2) is 82.6 Å². The maximum absolute atomic E-state index is 12.5. The van der Waals surface area contributed by atoms with E-state index < -0.39 is 10.2 Å². The van der Waals surface area contributed by atoms with Crippen LogP contribution < -0.4 is 5.32 Å². The van der Waals surface area contributed by atoms with E-state index in [1.165, 1.54) is 8.61 Å². The van der Waals surface area contributed by atoms with Crippen molar-refractivity contribution in [3.8, 4) is 0 Å². The third-order valence-corrected chi connectivity index (χ3v) is 6.31. The van der Waals surface area contributed by atoms with Crippen molar-refractivity contribution in [3.63, 3.8) is 0 Å². The van der Waals surface area contributed by atoms with Gasteiger partial charge >= 0.3 is 0 Å². The van der Waals surface area contributed by atoms with Gasteiger partial charge in [-0.15, -0.1) is 0 Å². The zero-order valence-electron chi connectivity index (χ0n) is 13.7. The van der Waals surface area contributed by atoms with Gasteiger partial charge in [0.15, 0.2) is 0 Å². The number of amides is 1. The molecule has 23 heavy (non-hydrogen) atoms. The summed E-state index contributed by atoms with van der Waals surface area (Å²) in [6.45, 7) is 3.71. The van der Waals surface area contributed by atoms with E-state index in [-0.39, 0.29) is 11.8 Å². The molecular formula is C14H27N3O5S. The van der Waals surface area contributed by atoms with Crippen molar-refractivity contribution >= 4 is 16.1 Å². The van der Waals surface area contributed by atoms with E-state index in [4.69, 9.17) is 9.47 Å². The molecule has 2 saturated heterocycles. The van der Waals surface area contributed by atoms with E-state index in [9.17, 15) is 13.2 Å². The second-order valence-corrected chi connectivity index (χ2v) is 7.76. The molecular weight excluding hydrogens is 322 g/mol. The Labute approximate surface area is 138 Å². The van der Waals surface area contributed by atoms with Crippen molar-refractivity contribution in [2.75, 3.05) is 59.7 Å². The van der Waals surface area contributed by atoms with Gasteiger partial charge < -0.3 is 14.8 Å². The lowest BCUT2D eigenvalue weighted by Gasteiger charge is -2.35. The van der Waals surface area contributed by atoms with E-state index in [1.54, 1.807) is 7.11 Å². The van der Waals surface area contributed by atoms with Crippen molar-refractivity contribution in [2.45, 2.75) is 19.3 Å². The van der Waals surface area contributed by atoms with Gasteiger partial charge in [-0.1, -0.05) is 0 Å². The summed E-state index contributed by atoms with van der Waals surface area (Å²) in [5.41, 5.74) is 0. The Kier molecular flexibility index (Phi) is 7.22. The predicted molar refractivity (Wildman–Crippen MR) is 85.1 cm³/mol. The second-order valence-electron chi connectivity index (χ2n) is 5.83. The maximum atomic E-state index is 12.5. The molecule has 0 aromatic carbocycles. The Morgan fingerprint density at radius 1 is 1.17 bits per heavy atom. The molecule has 0 saturated carbocycles. The molecule has 0 spiro atoms. The fraction of sp³-hybridized carbons (Fsp3) is 0.929. The molecule has 1 amide bonds. The van der Waals surface area contributed by atoms with Crippen molar-refractivity contribution in [1.29, 1.82) is 0 Å². The molecule has 0 unspecified atom stereocenters. The van der Waals surface area contributed by atoms with Gasteiger partial charge in [0, 0.05) is 52.4 Å². The van der Waals surface area contributed by atoms with Gasteiger partial charge in [0.2, 0.25) is 5.91 Å². The summed E-state index contributed by atoms with van der Waals surface area (Å²) in [6.07, 6.45) is 1.92. The van der Waals surface area contributed by atoms with E-state index in [2.05, 4.69) is 5.32 Å². The van der Waals surface area contributed by atoms with E-state index in [1.807, 2.05) is 0 Å². The molecule has 2 heterocycles. The second kappa shape index (κ2) is 8.93. The number of carbonyl (C=O) groups is 1. The molecule has 0 aliphatic carbocycles. The summed E-state index contributed by atoms with van der Waals surface area (Å²) < 4.78 is 38.2. The van der Waals surface area contributed by atoms with Gasteiger partial charge in [-0.3, -0.25) is 4.79 Å². The molecule has 2 rings (SSSR count). The van der Waals surface area contributed by atoms with Crippen LogP contribution in [0.3, 0.4) is 0 Å². The van der Waals surface area contributed by atoms with Crippen LogP contribution in [-0.2, 0) is 24.5 Å². The van der Waals surface area contributed by atoms with Gasteiger partial charge in [-0.2, -0.15) is 17.0 Å². The highest BCUT2D eigenvalue weighted by Crippen LogP contribution is 2.22. The number of rotatable bonds is 7. The normalized spacial score (nSPS) is 22.1. The maximum Gasteiger partial charge on any atom is 0.282 e.